The molecule has 0 saturated heterocycles. The Hall–Kier alpha value is -2.26. The normalized spacial score (nSPS) is 11.0. The number of aromatic nitrogens is 4. The fourth-order valence-electron chi connectivity index (χ4n) is 1.87. The topological polar surface area (TPSA) is 113 Å². The molecule has 0 fully saturated rings. The van der Waals surface area contributed by atoms with Gasteiger partial charge in [-0.1, -0.05) is 10.4 Å². The van der Waals surface area contributed by atoms with Crippen LogP contribution in [0.15, 0.2) is 10.6 Å². The Morgan fingerprint density at radius 2 is 2.24 bits per heavy atom. The molecule has 0 aliphatic rings. The van der Waals surface area contributed by atoms with Crippen molar-refractivity contribution in [2.24, 2.45) is 0 Å². The van der Waals surface area contributed by atoms with Crippen LogP contribution in [0.5, 0.6) is 0 Å². The minimum Gasteiger partial charge on any atom is -0.476 e. The van der Waals surface area contributed by atoms with Gasteiger partial charge in [-0.15, -0.1) is 5.10 Å². The van der Waals surface area contributed by atoms with Crippen LogP contribution in [-0.4, -0.2) is 52.1 Å². The van der Waals surface area contributed by atoms with E-state index in [1.165, 1.54) is 4.68 Å². The summed E-state index contributed by atoms with van der Waals surface area (Å²) < 4.78 is 16.5. The Morgan fingerprint density at radius 3 is 2.90 bits per heavy atom. The molecule has 0 saturated carbocycles. The van der Waals surface area contributed by atoms with Gasteiger partial charge in [-0.05, 0) is 0 Å². The van der Waals surface area contributed by atoms with Gasteiger partial charge in [-0.25, -0.2) is 9.48 Å². The molecular formula is C12H16N4O5. The van der Waals surface area contributed by atoms with Crippen molar-refractivity contribution in [1.82, 2.24) is 20.2 Å². The maximum atomic E-state index is 11.1. The average Bonchev–Trinajstić information content (AvgIpc) is 3.05. The Labute approximate surface area is 120 Å². The monoisotopic (exact) mass is 296 g/mol. The van der Waals surface area contributed by atoms with E-state index in [1.807, 2.05) is 0 Å². The number of carbonyl (C=O) groups is 1. The van der Waals surface area contributed by atoms with Crippen molar-refractivity contribution >= 4 is 5.97 Å². The molecule has 2 heterocycles. The fraction of sp³-hybridized carbons (Fsp3) is 0.500. The van der Waals surface area contributed by atoms with Gasteiger partial charge in [0.05, 0.1) is 18.8 Å². The largest absolute Gasteiger partial charge is 0.476 e. The van der Waals surface area contributed by atoms with Gasteiger partial charge >= 0.3 is 5.97 Å². The lowest BCUT2D eigenvalue weighted by atomic mass is 10.2. The molecule has 0 aliphatic carbocycles. The van der Waals surface area contributed by atoms with Crippen molar-refractivity contribution in [2.45, 2.75) is 19.6 Å². The zero-order valence-electron chi connectivity index (χ0n) is 11.8. The van der Waals surface area contributed by atoms with Crippen molar-refractivity contribution in [3.05, 3.63) is 28.9 Å². The second-order valence-corrected chi connectivity index (χ2v) is 4.31. The quantitative estimate of drug-likeness (QED) is 0.742. The first-order valence-electron chi connectivity index (χ1n) is 6.23. The zero-order valence-corrected chi connectivity index (χ0v) is 11.8. The Balaban J connectivity index is 2.19. The van der Waals surface area contributed by atoms with Crippen molar-refractivity contribution in [1.29, 1.82) is 0 Å². The Bertz CT molecular complexity index is 607. The maximum Gasteiger partial charge on any atom is 0.358 e. The second kappa shape index (κ2) is 6.95. The van der Waals surface area contributed by atoms with E-state index in [0.29, 0.717) is 36.8 Å². The van der Waals surface area contributed by atoms with Gasteiger partial charge < -0.3 is 19.1 Å². The number of rotatable bonds is 8. The van der Waals surface area contributed by atoms with Gasteiger partial charge in [-0.3, -0.25) is 0 Å². The number of carboxylic acids is 1. The van der Waals surface area contributed by atoms with Crippen LogP contribution in [0.4, 0.5) is 0 Å². The second-order valence-electron chi connectivity index (χ2n) is 4.31. The van der Waals surface area contributed by atoms with Crippen LogP contribution >= 0.6 is 0 Å². The van der Waals surface area contributed by atoms with Crippen molar-refractivity contribution in [3.63, 3.8) is 0 Å². The number of hydrogen-bond acceptors (Lipinski definition) is 7. The molecule has 0 radical (unpaired) electrons. The van der Waals surface area contributed by atoms with Crippen LogP contribution < -0.4 is 0 Å². The molecule has 0 bridgehead atoms. The van der Waals surface area contributed by atoms with Crippen molar-refractivity contribution in [3.8, 4) is 0 Å². The van der Waals surface area contributed by atoms with Gasteiger partial charge in [0.25, 0.3) is 0 Å². The highest BCUT2D eigenvalue weighted by Gasteiger charge is 2.19. The van der Waals surface area contributed by atoms with E-state index in [2.05, 4.69) is 15.5 Å². The molecule has 0 atom stereocenters. The first-order chi connectivity index (χ1) is 10.2. The van der Waals surface area contributed by atoms with E-state index in [0.717, 1.165) is 0 Å². The molecule has 2 rings (SSSR count). The molecule has 114 valence electrons. The molecule has 2 aromatic rings. The van der Waals surface area contributed by atoms with Crippen LogP contribution in [0.2, 0.25) is 0 Å². The molecule has 0 unspecified atom stereocenters. The van der Waals surface area contributed by atoms with E-state index in [9.17, 15) is 4.79 Å². The van der Waals surface area contributed by atoms with E-state index in [1.54, 1.807) is 20.3 Å². The fourth-order valence-corrected chi connectivity index (χ4v) is 1.87. The van der Waals surface area contributed by atoms with Crippen molar-refractivity contribution in [2.75, 3.05) is 20.8 Å². The van der Waals surface area contributed by atoms with Gasteiger partial charge in [-0.2, -0.15) is 0 Å². The van der Waals surface area contributed by atoms with Gasteiger partial charge in [0.1, 0.15) is 12.3 Å². The summed E-state index contributed by atoms with van der Waals surface area (Å²) in [6, 6.07) is 1.73. The maximum absolute atomic E-state index is 11.1. The summed E-state index contributed by atoms with van der Waals surface area (Å²) in [5.74, 6) is -0.530. The third-order valence-corrected chi connectivity index (χ3v) is 2.79. The summed E-state index contributed by atoms with van der Waals surface area (Å²) in [5.41, 5.74) is 1.02. The standard InChI is InChI=1S/C12H16N4O5/c1-19-4-3-10-11(12(17)18)13-15-16(10)6-8-5-9(7-20-2)21-14-8/h5H,3-4,6-7H2,1-2H3,(H,17,18). The summed E-state index contributed by atoms with van der Waals surface area (Å²) in [4.78, 5) is 11.1. The minimum atomic E-state index is -1.12. The zero-order chi connectivity index (χ0) is 15.2. The average molecular weight is 296 g/mol. The van der Waals surface area contributed by atoms with Crippen LogP contribution in [-0.2, 0) is 29.0 Å². The summed E-state index contributed by atoms with van der Waals surface area (Å²) >= 11 is 0. The SMILES string of the molecule is COCCc1c(C(=O)O)nnn1Cc1cc(COC)on1. The molecule has 2 aromatic heterocycles. The summed E-state index contributed by atoms with van der Waals surface area (Å²) in [5, 5.41) is 20.5. The molecule has 0 aromatic carbocycles. The highest BCUT2D eigenvalue weighted by Crippen LogP contribution is 2.11. The van der Waals surface area contributed by atoms with Gasteiger partial charge in [0.2, 0.25) is 0 Å². The molecule has 21 heavy (non-hydrogen) atoms. The lowest BCUT2D eigenvalue weighted by Gasteiger charge is -2.04. The van der Waals surface area contributed by atoms with Gasteiger partial charge in [0, 0.05) is 26.7 Å². The smallest absolute Gasteiger partial charge is 0.358 e. The highest BCUT2D eigenvalue weighted by atomic mass is 16.5. The summed E-state index contributed by atoms with van der Waals surface area (Å²) in [7, 11) is 3.10. The number of methoxy groups -OCH3 is 2. The van der Waals surface area contributed by atoms with Crippen LogP contribution in [0.25, 0.3) is 0 Å². The highest BCUT2D eigenvalue weighted by molar-refractivity contribution is 5.86. The molecule has 0 amide bonds. The predicted molar refractivity (Wildman–Crippen MR) is 68.9 cm³/mol. The lowest BCUT2D eigenvalue weighted by molar-refractivity contribution is 0.0688. The molecular weight excluding hydrogens is 280 g/mol. The first-order valence-corrected chi connectivity index (χ1v) is 6.23. The third-order valence-electron chi connectivity index (χ3n) is 2.79. The summed E-state index contributed by atoms with van der Waals surface area (Å²) in [6.07, 6.45) is 0.397. The molecule has 0 aliphatic heterocycles. The van der Waals surface area contributed by atoms with E-state index < -0.39 is 5.97 Å². The molecule has 1 N–H and O–H groups in total. The molecule has 9 heteroatoms. The first kappa shape index (κ1) is 15.1. The van der Waals surface area contributed by atoms with Crippen LogP contribution in [0.1, 0.15) is 27.6 Å². The Morgan fingerprint density at radius 1 is 1.43 bits per heavy atom. The lowest BCUT2D eigenvalue weighted by Crippen LogP contribution is -2.11. The molecule has 0 spiro atoms. The van der Waals surface area contributed by atoms with Crippen molar-refractivity contribution < 1.29 is 23.9 Å². The van der Waals surface area contributed by atoms with E-state index in [4.69, 9.17) is 19.1 Å². The number of aromatic carboxylic acids is 1. The minimum absolute atomic E-state index is 0.0762. The third kappa shape index (κ3) is 3.64. The van der Waals surface area contributed by atoms with E-state index in [-0.39, 0.29) is 12.2 Å². The predicted octanol–water partition coefficient (Wildman–Crippen LogP) is 0.348. The number of ether oxygens (including phenoxy) is 2. The van der Waals surface area contributed by atoms with E-state index >= 15 is 0 Å². The van der Waals surface area contributed by atoms with Gasteiger partial charge in [0.15, 0.2) is 11.5 Å². The number of carboxylic acid groups (broad SMARTS) is 1. The number of nitrogens with zero attached hydrogens (tertiary/aromatic N) is 4. The Kier molecular flexibility index (Phi) is 5.01. The summed E-state index contributed by atoms with van der Waals surface area (Å²) in [6.45, 7) is 0.967. The van der Waals surface area contributed by atoms with Crippen LogP contribution in [0.3, 0.4) is 0 Å². The van der Waals surface area contributed by atoms with Crippen LogP contribution in [0, 0.1) is 0 Å². The number of hydrogen-bond donors (Lipinski definition) is 1. The molecule has 9 nitrogen and oxygen atoms in total.